The first-order valence-corrected chi connectivity index (χ1v) is 7.94. The molecule has 0 saturated carbocycles. The average molecular weight is 305 g/mol. The normalized spacial score (nSPS) is 16.1. The molecule has 0 saturated heterocycles. The van der Waals surface area contributed by atoms with Crippen molar-refractivity contribution in [3.8, 4) is 11.4 Å². The fraction of sp³-hybridized carbons (Fsp3) is 0.263. The zero-order valence-corrected chi connectivity index (χ0v) is 13.6. The van der Waals surface area contributed by atoms with Crippen molar-refractivity contribution in [3.63, 3.8) is 0 Å². The zero-order valence-electron chi connectivity index (χ0n) is 13.6. The quantitative estimate of drug-likeness (QED) is 0.781. The van der Waals surface area contributed by atoms with Crippen molar-refractivity contribution in [2.75, 3.05) is 11.4 Å². The number of para-hydroxylation sites is 2. The molecule has 1 amide bonds. The van der Waals surface area contributed by atoms with Crippen molar-refractivity contribution in [2.45, 2.75) is 26.2 Å². The SMILES string of the molecule is CCN1C(=O)C(C)(C)c2ccc(-c3nc4ccccc4[nH]3)cc21. The van der Waals surface area contributed by atoms with Crippen LogP contribution in [0.25, 0.3) is 22.4 Å². The standard InChI is InChI=1S/C19H19N3O/c1-4-22-16-11-12(9-10-13(16)19(2,3)18(22)23)17-20-14-7-5-6-8-15(14)21-17/h5-11H,4H2,1-3H3,(H,20,21). The van der Waals surface area contributed by atoms with Crippen molar-refractivity contribution in [2.24, 2.45) is 0 Å². The second kappa shape index (κ2) is 4.69. The lowest BCUT2D eigenvalue weighted by Gasteiger charge is -2.18. The Kier molecular flexibility index (Phi) is 2.85. The van der Waals surface area contributed by atoms with E-state index in [9.17, 15) is 4.79 Å². The van der Waals surface area contributed by atoms with E-state index in [1.54, 1.807) is 0 Å². The number of rotatable bonds is 2. The molecule has 4 rings (SSSR count). The number of fused-ring (bicyclic) bond motifs is 2. The summed E-state index contributed by atoms with van der Waals surface area (Å²) in [6.07, 6.45) is 0. The molecule has 23 heavy (non-hydrogen) atoms. The smallest absolute Gasteiger partial charge is 0.237 e. The summed E-state index contributed by atoms with van der Waals surface area (Å²) in [6, 6.07) is 14.2. The molecule has 1 aliphatic rings. The van der Waals surface area contributed by atoms with Gasteiger partial charge >= 0.3 is 0 Å². The Morgan fingerprint density at radius 2 is 1.96 bits per heavy atom. The van der Waals surface area contributed by atoms with Gasteiger partial charge in [0.25, 0.3) is 0 Å². The highest BCUT2D eigenvalue weighted by Gasteiger charge is 2.43. The van der Waals surface area contributed by atoms with E-state index >= 15 is 0 Å². The van der Waals surface area contributed by atoms with Crippen molar-refractivity contribution >= 4 is 22.6 Å². The lowest BCUT2D eigenvalue weighted by atomic mass is 9.86. The number of carbonyl (C=O) groups is 1. The fourth-order valence-corrected chi connectivity index (χ4v) is 3.40. The van der Waals surface area contributed by atoms with Crippen molar-refractivity contribution in [1.82, 2.24) is 9.97 Å². The fourth-order valence-electron chi connectivity index (χ4n) is 3.40. The van der Waals surface area contributed by atoms with Crippen LogP contribution in [0.1, 0.15) is 26.3 Å². The van der Waals surface area contributed by atoms with Gasteiger partial charge in [0.15, 0.2) is 0 Å². The van der Waals surface area contributed by atoms with Crippen molar-refractivity contribution < 1.29 is 4.79 Å². The summed E-state index contributed by atoms with van der Waals surface area (Å²) in [5, 5.41) is 0. The molecule has 1 aromatic heterocycles. The minimum absolute atomic E-state index is 0.164. The van der Waals surface area contributed by atoms with E-state index in [2.05, 4.69) is 22.1 Å². The lowest BCUT2D eigenvalue weighted by Crippen LogP contribution is -2.35. The van der Waals surface area contributed by atoms with Crippen LogP contribution in [0.4, 0.5) is 5.69 Å². The van der Waals surface area contributed by atoms with Gasteiger partial charge in [0.2, 0.25) is 5.91 Å². The van der Waals surface area contributed by atoms with Crippen LogP contribution in [0.5, 0.6) is 0 Å². The van der Waals surface area contributed by atoms with Gasteiger partial charge in [0.05, 0.1) is 16.4 Å². The number of benzene rings is 2. The van der Waals surface area contributed by atoms with Gasteiger partial charge in [-0.15, -0.1) is 0 Å². The Balaban J connectivity index is 1.87. The van der Waals surface area contributed by atoms with Gasteiger partial charge in [-0.05, 0) is 44.5 Å². The molecule has 4 nitrogen and oxygen atoms in total. The number of nitrogens with zero attached hydrogens (tertiary/aromatic N) is 2. The van der Waals surface area contributed by atoms with Gasteiger partial charge in [-0.3, -0.25) is 4.79 Å². The highest BCUT2D eigenvalue weighted by Crippen LogP contribution is 2.43. The predicted octanol–water partition coefficient (Wildman–Crippen LogP) is 3.87. The Labute approximate surface area is 135 Å². The molecule has 2 aromatic carbocycles. The van der Waals surface area contributed by atoms with Gasteiger partial charge in [-0.1, -0.05) is 24.3 Å². The molecule has 116 valence electrons. The summed E-state index contributed by atoms with van der Waals surface area (Å²) in [4.78, 5) is 22.5. The number of likely N-dealkylation sites (N-methyl/N-ethyl adjacent to an activating group) is 1. The molecule has 0 spiro atoms. The number of H-pyrrole nitrogens is 1. The number of aromatic nitrogens is 2. The van der Waals surface area contributed by atoms with Crippen LogP contribution in [0.15, 0.2) is 42.5 Å². The van der Waals surface area contributed by atoms with E-state index in [1.165, 1.54) is 0 Å². The second-order valence-corrected chi connectivity index (χ2v) is 6.51. The molecule has 0 atom stereocenters. The largest absolute Gasteiger partial charge is 0.338 e. The van der Waals surface area contributed by atoms with E-state index < -0.39 is 5.41 Å². The van der Waals surface area contributed by atoms with Crippen LogP contribution < -0.4 is 4.90 Å². The number of hydrogen-bond donors (Lipinski definition) is 1. The molecule has 0 aliphatic carbocycles. The number of hydrogen-bond acceptors (Lipinski definition) is 2. The van der Waals surface area contributed by atoms with Gasteiger partial charge in [0, 0.05) is 17.8 Å². The molecule has 4 heteroatoms. The molecule has 0 unspecified atom stereocenters. The third-order valence-electron chi connectivity index (χ3n) is 4.72. The third-order valence-corrected chi connectivity index (χ3v) is 4.72. The summed E-state index contributed by atoms with van der Waals surface area (Å²) in [7, 11) is 0. The molecule has 3 aromatic rings. The Morgan fingerprint density at radius 3 is 2.70 bits per heavy atom. The maximum Gasteiger partial charge on any atom is 0.237 e. The highest BCUT2D eigenvalue weighted by molar-refractivity contribution is 6.08. The molecule has 1 N–H and O–H groups in total. The summed E-state index contributed by atoms with van der Waals surface area (Å²) in [5.41, 5.74) is 4.60. The van der Waals surface area contributed by atoms with E-state index in [-0.39, 0.29) is 5.91 Å². The average Bonchev–Trinajstić information content (AvgIpc) is 3.06. The topological polar surface area (TPSA) is 49.0 Å². The molecule has 0 radical (unpaired) electrons. The van der Waals surface area contributed by atoms with Gasteiger partial charge in [-0.25, -0.2) is 4.98 Å². The van der Waals surface area contributed by atoms with E-state index in [0.29, 0.717) is 6.54 Å². The highest BCUT2D eigenvalue weighted by atomic mass is 16.2. The predicted molar refractivity (Wildman–Crippen MR) is 92.6 cm³/mol. The van der Waals surface area contributed by atoms with E-state index in [0.717, 1.165) is 33.7 Å². The maximum atomic E-state index is 12.6. The number of aromatic amines is 1. The maximum absolute atomic E-state index is 12.6. The number of carbonyl (C=O) groups excluding carboxylic acids is 1. The van der Waals surface area contributed by atoms with Crippen molar-refractivity contribution in [1.29, 1.82) is 0 Å². The van der Waals surface area contributed by atoms with E-state index in [1.807, 2.05) is 56.0 Å². The second-order valence-electron chi connectivity index (χ2n) is 6.51. The van der Waals surface area contributed by atoms with Gasteiger partial charge in [0.1, 0.15) is 5.82 Å². The van der Waals surface area contributed by atoms with Crippen LogP contribution in [-0.2, 0) is 10.2 Å². The number of anilines is 1. The molecule has 0 fully saturated rings. The Bertz CT molecular complexity index is 890. The van der Waals surface area contributed by atoms with Crippen LogP contribution in [0.2, 0.25) is 0 Å². The number of amides is 1. The Morgan fingerprint density at radius 1 is 1.17 bits per heavy atom. The first-order valence-electron chi connectivity index (χ1n) is 7.94. The molecular weight excluding hydrogens is 286 g/mol. The molecule has 1 aliphatic heterocycles. The van der Waals surface area contributed by atoms with E-state index in [4.69, 9.17) is 0 Å². The Hall–Kier alpha value is -2.62. The minimum Gasteiger partial charge on any atom is -0.338 e. The first kappa shape index (κ1) is 14.0. The van der Waals surface area contributed by atoms with Crippen LogP contribution >= 0.6 is 0 Å². The summed E-state index contributed by atoms with van der Waals surface area (Å²) in [5.74, 6) is 0.999. The number of nitrogens with one attached hydrogen (secondary N) is 1. The molecular formula is C19H19N3O. The van der Waals surface area contributed by atoms with Crippen LogP contribution in [0.3, 0.4) is 0 Å². The summed E-state index contributed by atoms with van der Waals surface area (Å²) < 4.78 is 0. The third kappa shape index (κ3) is 1.91. The van der Waals surface area contributed by atoms with Gasteiger partial charge < -0.3 is 9.88 Å². The molecule has 0 bridgehead atoms. The zero-order chi connectivity index (χ0) is 16.2. The first-order chi connectivity index (χ1) is 11.0. The molecule has 2 heterocycles. The van der Waals surface area contributed by atoms with Crippen LogP contribution in [0, 0.1) is 0 Å². The summed E-state index contributed by atoms with van der Waals surface area (Å²) >= 11 is 0. The minimum atomic E-state index is -0.461. The van der Waals surface area contributed by atoms with Gasteiger partial charge in [-0.2, -0.15) is 0 Å². The summed E-state index contributed by atoms with van der Waals surface area (Å²) in [6.45, 7) is 6.67. The monoisotopic (exact) mass is 305 g/mol. The lowest BCUT2D eigenvalue weighted by molar-refractivity contribution is -0.122. The van der Waals surface area contributed by atoms with Crippen molar-refractivity contribution in [3.05, 3.63) is 48.0 Å². The number of imidazole rings is 1. The van der Waals surface area contributed by atoms with Crippen LogP contribution in [-0.4, -0.2) is 22.4 Å².